The summed E-state index contributed by atoms with van der Waals surface area (Å²) < 4.78 is 0. The third-order valence-corrected chi connectivity index (χ3v) is 4.17. The largest absolute Gasteiger partial charge is 0.299 e. The van der Waals surface area contributed by atoms with Crippen LogP contribution < -0.4 is 0 Å². The second-order valence-corrected chi connectivity index (χ2v) is 5.19. The van der Waals surface area contributed by atoms with Crippen molar-refractivity contribution in [1.82, 2.24) is 0 Å². The van der Waals surface area contributed by atoms with Gasteiger partial charge in [0, 0.05) is 11.8 Å². The van der Waals surface area contributed by atoms with E-state index in [2.05, 4.69) is 12.2 Å². The van der Waals surface area contributed by atoms with E-state index in [4.69, 9.17) is 0 Å². The zero-order chi connectivity index (χ0) is 9.16. The number of rotatable bonds is 2. The molecule has 2 bridgehead atoms. The number of hydrogen-bond acceptors (Lipinski definition) is 1. The predicted octanol–water partition coefficient (Wildman–Crippen LogP) is 2.28. The Morgan fingerprint density at radius 1 is 1.23 bits per heavy atom. The average molecular weight is 176 g/mol. The molecule has 0 saturated heterocycles. The van der Waals surface area contributed by atoms with Crippen molar-refractivity contribution in [2.24, 2.45) is 35.5 Å². The molecule has 13 heavy (non-hydrogen) atoms. The Labute approximate surface area is 79.2 Å². The van der Waals surface area contributed by atoms with E-state index in [0.717, 1.165) is 23.7 Å². The number of allylic oxidation sites excluding steroid dienone is 2. The second kappa shape index (κ2) is 2.26. The number of carbonyl (C=O) groups excluding carboxylic acids is 1. The minimum atomic E-state index is 0.245. The first kappa shape index (κ1) is 7.78. The van der Waals surface area contributed by atoms with E-state index in [0.29, 0.717) is 11.7 Å². The second-order valence-electron chi connectivity index (χ2n) is 5.19. The van der Waals surface area contributed by atoms with Crippen molar-refractivity contribution < 1.29 is 4.79 Å². The van der Waals surface area contributed by atoms with E-state index < -0.39 is 0 Å². The van der Waals surface area contributed by atoms with Gasteiger partial charge in [0.25, 0.3) is 0 Å². The van der Waals surface area contributed by atoms with E-state index in [1.807, 2.05) is 13.8 Å². The summed E-state index contributed by atoms with van der Waals surface area (Å²) in [6.07, 6.45) is 6.04. The summed E-state index contributed by atoms with van der Waals surface area (Å²) in [7, 11) is 0. The van der Waals surface area contributed by atoms with Gasteiger partial charge in [-0.15, -0.1) is 0 Å². The van der Waals surface area contributed by atoms with Crippen LogP contribution >= 0.6 is 0 Å². The van der Waals surface area contributed by atoms with Crippen molar-refractivity contribution >= 4 is 5.78 Å². The lowest BCUT2D eigenvalue weighted by Crippen LogP contribution is -2.15. The van der Waals surface area contributed by atoms with E-state index >= 15 is 0 Å². The summed E-state index contributed by atoms with van der Waals surface area (Å²) in [6, 6.07) is 0. The summed E-state index contributed by atoms with van der Waals surface area (Å²) in [6.45, 7) is 4.07. The Balaban J connectivity index is 1.78. The highest BCUT2D eigenvalue weighted by molar-refractivity contribution is 5.86. The molecule has 0 spiro atoms. The van der Waals surface area contributed by atoms with Gasteiger partial charge in [-0.1, -0.05) is 26.0 Å². The molecule has 3 aliphatic rings. The fourth-order valence-electron chi connectivity index (χ4n) is 3.55. The van der Waals surface area contributed by atoms with Crippen molar-refractivity contribution in [1.29, 1.82) is 0 Å². The maximum atomic E-state index is 11.8. The van der Waals surface area contributed by atoms with Crippen LogP contribution in [0.2, 0.25) is 0 Å². The van der Waals surface area contributed by atoms with Crippen LogP contribution in [0, 0.1) is 35.5 Å². The molecular weight excluding hydrogens is 160 g/mol. The minimum absolute atomic E-state index is 0.245. The molecule has 0 amide bonds. The van der Waals surface area contributed by atoms with Crippen molar-refractivity contribution in [2.75, 3.05) is 0 Å². The molecule has 0 N–H and O–H groups in total. The molecule has 0 aromatic rings. The van der Waals surface area contributed by atoms with Crippen LogP contribution in [-0.4, -0.2) is 5.78 Å². The summed E-state index contributed by atoms with van der Waals surface area (Å²) >= 11 is 0. The Morgan fingerprint density at radius 2 is 1.77 bits per heavy atom. The first-order chi connectivity index (χ1) is 6.20. The third kappa shape index (κ3) is 0.853. The SMILES string of the molecule is CC(C)C(=O)C1[C@@H]2[C@H]1[C@H]1C=C[C@@H]2C1. The smallest absolute Gasteiger partial charge is 0.139 e. The van der Waals surface area contributed by atoms with Gasteiger partial charge in [-0.3, -0.25) is 4.79 Å². The van der Waals surface area contributed by atoms with Gasteiger partial charge in [0.15, 0.2) is 0 Å². The van der Waals surface area contributed by atoms with Crippen LogP contribution in [0.3, 0.4) is 0 Å². The molecule has 70 valence electrons. The number of Topliss-reactive ketones (excluding diaryl/α,β-unsaturated/α-hetero) is 1. The van der Waals surface area contributed by atoms with Gasteiger partial charge in [-0.25, -0.2) is 0 Å². The molecule has 5 atom stereocenters. The van der Waals surface area contributed by atoms with Gasteiger partial charge in [-0.05, 0) is 30.1 Å². The molecular formula is C12H16O. The Bertz CT molecular complexity index is 271. The third-order valence-electron chi connectivity index (χ3n) is 4.17. The quantitative estimate of drug-likeness (QED) is 0.590. The van der Waals surface area contributed by atoms with Crippen molar-refractivity contribution in [3.05, 3.63) is 12.2 Å². The monoisotopic (exact) mass is 176 g/mol. The van der Waals surface area contributed by atoms with E-state index in [1.54, 1.807) is 0 Å². The van der Waals surface area contributed by atoms with Gasteiger partial charge in [0.05, 0.1) is 0 Å². The Kier molecular flexibility index (Phi) is 1.35. The molecule has 1 heteroatoms. The van der Waals surface area contributed by atoms with Crippen molar-refractivity contribution in [3.8, 4) is 0 Å². The van der Waals surface area contributed by atoms with E-state index in [1.165, 1.54) is 6.42 Å². The highest BCUT2D eigenvalue weighted by Gasteiger charge is 2.65. The Morgan fingerprint density at radius 3 is 2.23 bits per heavy atom. The number of carbonyl (C=O) groups is 1. The summed E-state index contributed by atoms with van der Waals surface area (Å²) in [5, 5.41) is 0. The normalized spacial score (nSPS) is 49.9. The Hall–Kier alpha value is -0.590. The lowest BCUT2D eigenvalue weighted by molar-refractivity contribution is -0.124. The molecule has 0 aromatic heterocycles. The van der Waals surface area contributed by atoms with Crippen LogP contribution in [0.25, 0.3) is 0 Å². The lowest BCUT2D eigenvalue weighted by atomic mass is 9.94. The van der Waals surface area contributed by atoms with Crippen molar-refractivity contribution in [3.63, 3.8) is 0 Å². The number of hydrogen-bond donors (Lipinski definition) is 0. The van der Waals surface area contributed by atoms with Crippen LogP contribution in [-0.2, 0) is 4.79 Å². The zero-order valence-corrected chi connectivity index (χ0v) is 8.23. The molecule has 2 fully saturated rings. The van der Waals surface area contributed by atoms with E-state index in [-0.39, 0.29) is 5.92 Å². The molecule has 3 rings (SSSR count). The molecule has 1 unspecified atom stereocenters. The highest BCUT2D eigenvalue weighted by atomic mass is 16.1. The molecule has 2 saturated carbocycles. The molecule has 0 aliphatic heterocycles. The predicted molar refractivity (Wildman–Crippen MR) is 51.1 cm³/mol. The molecule has 0 heterocycles. The van der Waals surface area contributed by atoms with E-state index in [9.17, 15) is 4.79 Å². The molecule has 3 aliphatic carbocycles. The van der Waals surface area contributed by atoms with Gasteiger partial charge in [0.1, 0.15) is 5.78 Å². The van der Waals surface area contributed by atoms with Crippen molar-refractivity contribution in [2.45, 2.75) is 20.3 Å². The zero-order valence-electron chi connectivity index (χ0n) is 8.23. The first-order valence-electron chi connectivity index (χ1n) is 5.42. The summed E-state index contributed by atoms with van der Waals surface area (Å²) in [5.74, 6) is 4.25. The lowest BCUT2D eigenvalue weighted by Gasteiger charge is -2.09. The fraction of sp³-hybridized carbons (Fsp3) is 0.750. The standard InChI is InChI=1S/C12H16O/c1-6(2)12(13)11-9-7-3-4-8(5-7)10(9)11/h3-4,6-11H,5H2,1-2H3/t7-,8+,9+,10-,11?. The number of ketones is 1. The van der Waals surface area contributed by atoms with Crippen LogP contribution in [0.1, 0.15) is 20.3 Å². The average Bonchev–Trinajstić information content (AvgIpc) is 2.52. The van der Waals surface area contributed by atoms with Crippen LogP contribution in [0.5, 0.6) is 0 Å². The van der Waals surface area contributed by atoms with Gasteiger partial charge >= 0.3 is 0 Å². The molecule has 1 nitrogen and oxygen atoms in total. The van der Waals surface area contributed by atoms with Crippen LogP contribution in [0.4, 0.5) is 0 Å². The molecule has 0 aromatic carbocycles. The minimum Gasteiger partial charge on any atom is -0.299 e. The summed E-state index contributed by atoms with van der Waals surface area (Å²) in [4.78, 5) is 11.8. The molecule has 0 radical (unpaired) electrons. The maximum absolute atomic E-state index is 11.8. The van der Waals surface area contributed by atoms with Gasteiger partial charge in [0.2, 0.25) is 0 Å². The topological polar surface area (TPSA) is 17.1 Å². The highest BCUT2D eigenvalue weighted by Crippen LogP contribution is 2.67. The van der Waals surface area contributed by atoms with Crippen LogP contribution in [0.15, 0.2) is 12.2 Å². The fourth-order valence-corrected chi connectivity index (χ4v) is 3.55. The first-order valence-corrected chi connectivity index (χ1v) is 5.42. The maximum Gasteiger partial charge on any atom is 0.139 e. The van der Waals surface area contributed by atoms with Gasteiger partial charge < -0.3 is 0 Å². The van der Waals surface area contributed by atoms with Gasteiger partial charge in [-0.2, -0.15) is 0 Å². The number of fused-ring (bicyclic) bond motifs is 5. The summed E-state index contributed by atoms with van der Waals surface area (Å²) in [5.41, 5.74) is 0.